The number of benzene rings is 6. The van der Waals surface area contributed by atoms with Crippen LogP contribution in [0.4, 0.5) is 24.0 Å². The summed E-state index contributed by atoms with van der Waals surface area (Å²) in [5, 5.41) is 90.4. The van der Waals surface area contributed by atoms with Crippen LogP contribution in [-0.2, 0) is 99.4 Å². The van der Waals surface area contributed by atoms with Gasteiger partial charge in [0.1, 0.15) is 106 Å². The zero-order valence-corrected chi connectivity index (χ0v) is 61.1. The van der Waals surface area contributed by atoms with Crippen molar-refractivity contribution < 1.29 is 121 Å². The summed E-state index contributed by atoms with van der Waals surface area (Å²) >= 11 is 0. The first-order valence-electron chi connectivity index (χ1n) is 36.8. The quantitative estimate of drug-likeness (QED) is 0.00823. The Morgan fingerprint density at radius 2 is 1.04 bits per heavy atom. The summed E-state index contributed by atoms with van der Waals surface area (Å²) in [7, 11) is 0. The van der Waals surface area contributed by atoms with Crippen LogP contribution >= 0.6 is 0 Å². The third-order valence-electron chi connectivity index (χ3n) is 19.3. The van der Waals surface area contributed by atoms with Crippen LogP contribution in [0.15, 0.2) is 187 Å². The average Bonchev–Trinajstić information content (AvgIpc) is 1.08. The van der Waals surface area contributed by atoms with Crippen LogP contribution in [0.25, 0.3) is 10.4 Å². The number of azide groups is 1. The Balaban J connectivity index is 0.923. The molecule has 4 heterocycles. The summed E-state index contributed by atoms with van der Waals surface area (Å²) in [6.07, 6.45) is -34.2. The molecule has 11 N–H and O–H groups in total. The number of nitrogens with one attached hydrogen (secondary N) is 5. The number of unbranched alkanes of at least 4 members (excludes halogenated alkanes) is 1. The summed E-state index contributed by atoms with van der Waals surface area (Å²) < 4.78 is 80.1. The lowest BCUT2D eigenvalue weighted by molar-refractivity contribution is -0.323. The summed E-state index contributed by atoms with van der Waals surface area (Å²) in [5.74, 6) is -1.06. The van der Waals surface area contributed by atoms with Crippen LogP contribution in [0, 0.1) is 0 Å². The van der Waals surface area contributed by atoms with Crippen molar-refractivity contribution in [2.75, 3.05) is 32.8 Å². The summed E-state index contributed by atoms with van der Waals surface area (Å²) in [6.45, 7) is -1.57. The number of aliphatic hydroxyl groups excluding tert-OH is 6. The number of alkyl carbamates (subject to hydrolysis) is 4. The molecule has 600 valence electrons. The van der Waals surface area contributed by atoms with Gasteiger partial charge in [-0.2, -0.15) is 0 Å². The Labute approximate surface area is 644 Å². The molecule has 0 aromatic heterocycles. The third-order valence-corrected chi connectivity index (χ3v) is 19.3. The third kappa shape index (κ3) is 22.8. The van der Waals surface area contributed by atoms with Crippen LogP contribution in [0.5, 0.6) is 0 Å². The lowest BCUT2D eigenvalue weighted by atomic mass is 9.83. The number of nitrogens with zero attached hydrogens (tertiary/aromatic N) is 4. The number of rotatable bonds is 32. The van der Waals surface area contributed by atoms with Crippen molar-refractivity contribution >= 4 is 36.4 Å². The van der Waals surface area contributed by atoms with E-state index in [1.165, 1.54) is 4.90 Å². The van der Waals surface area contributed by atoms with E-state index in [1.54, 1.807) is 182 Å². The number of carbonyl (C=O) groups excluding carboxylic acids is 6. The molecule has 4 aliphatic heterocycles. The van der Waals surface area contributed by atoms with Gasteiger partial charge >= 0.3 is 30.5 Å². The van der Waals surface area contributed by atoms with Gasteiger partial charge in [0.2, 0.25) is 0 Å². The van der Waals surface area contributed by atoms with E-state index >= 15 is 0 Å². The number of fused-ring (bicyclic) bond motifs is 1. The Morgan fingerprint density at radius 1 is 0.545 bits per heavy atom. The molecular weight excluding hydrogens is 1460 g/mol. The first-order valence-corrected chi connectivity index (χ1v) is 36.8. The van der Waals surface area contributed by atoms with Gasteiger partial charge in [0.25, 0.3) is 5.91 Å². The molecule has 11 rings (SSSR count). The second kappa shape index (κ2) is 41.4. The summed E-state index contributed by atoms with van der Waals surface area (Å²) in [5.41, 5.74) is 13.0. The van der Waals surface area contributed by atoms with Crippen LogP contribution in [0.2, 0.25) is 0 Å². The van der Waals surface area contributed by atoms with Gasteiger partial charge in [0.05, 0.1) is 44.0 Å². The predicted octanol–water partition coefficient (Wildman–Crippen LogP) is 5.44. The smallest absolute Gasteiger partial charge is 0.412 e. The Kier molecular flexibility index (Phi) is 30.6. The molecule has 1 unspecified atom stereocenters. The van der Waals surface area contributed by atoms with Crippen LogP contribution in [0.1, 0.15) is 72.2 Å². The minimum Gasteiger partial charge on any atom is -0.445 e. The lowest BCUT2D eigenvalue weighted by Gasteiger charge is -2.51. The van der Waals surface area contributed by atoms with Crippen molar-refractivity contribution in [1.29, 1.82) is 0 Å². The molecule has 6 aromatic rings. The van der Waals surface area contributed by atoms with Gasteiger partial charge in [-0.05, 0) is 46.2 Å². The average molecular weight is 1560 g/mol. The molecule has 0 spiro atoms. The van der Waals surface area contributed by atoms with Gasteiger partial charge in [0, 0.05) is 30.0 Å². The second-order valence-corrected chi connectivity index (χ2v) is 27.2. The first kappa shape index (κ1) is 82.8. The standard InChI is InChI=1S/C78H93N9O25/c1-2-3-34-100-65(56(90)38-80-74(95)101-41-46-22-10-4-11-23-46)69(94)82-53-36-54(83-75(96)102-42-47-24-12-5-13-25-47)64(110-71-59(55(89)35-52(106-71)37-81-86-79)84-76(97)103-43-48-26-14-6-15-27-48)68(61(53)91)112-73-63(93)67(58(40-88)108-73)111-72-60(85-77(98)104-44-49-28-16-7-17-29-49)62(92)66-57(107-72)39-87(70(109-66)51-32-20-9-21-33-51)78(99)105-45-50-30-18-8-19-31-50/h4-33,52-68,70-73,88-93H,2-3,34-45H2,1H3,(H,80,95)(H,82,94)(H,83,96)(H,84,97)(H,85,98)/t52-,53+,54-,55+,56-,57-,58+,59+,60+,61-,62+,63+,64+,65-,66+,67+,68+,70?,71+,72+,73-/m0/s1. The molecule has 34 heteroatoms. The zero-order chi connectivity index (χ0) is 78.9. The van der Waals surface area contributed by atoms with Crippen molar-refractivity contribution in [3.8, 4) is 0 Å². The van der Waals surface area contributed by atoms with E-state index in [0.717, 1.165) is 0 Å². The van der Waals surface area contributed by atoms with E-state index < -0.39 is 191 Å². The summed E-state index contributed by atoms with van der Waals surface area (Å²) in [4.78, 5) is 88.7. The Bertz CT molecular complexity index is 3990. The maximum Gasteiger partial charge on any atom is 0.412 e. The fourth-order valence-corrected chi connectivity index (χ4v) is 13.5. The van der Waals surface area contributed by atoms with Crippen LogP contribution < -0.4 is 26.6 Å². The van der Waals surface area contributed by atoms with Gasteiger partial charge in [-0.15, -0.1) is 0 Å². The van der Waals surface area contributed by atoms with Gasteiger partial charge < -0.3 is 119 Å². The number of ether oxygens (including phenoxy) is 13. The monoisotopic (exact) mass is 1560 g/mol. The van der Waals surface area contributed by atoms with Gasteiger partial charge in [-0.25, -0.2) is 24.0 Å². The van der Waals surface area contributed by atoms with E-state index in [0.29, 0.717) is 46.2 Å². The number of aliphatic hydroxyl groups is 6. The number of carbonyl (C=O) groups is 6. The van der Waals surface area contributed by atoms with Crippen molar-refractivity contribution in [2.45, 2.75) is 194 Å². The van der Waals surface area contributed by atoms with Crippen LogP contribution in [0.3, 0.4) is 0 Å². The van der Waals surface area contributed by atoms with Crippen molar-refractivity contribution in [1.82, 2.24) is 31.5 Å². The minimum atomic E-state index is -2.12. The SMILES string of the molecule is CCCCO[C@H](C(=O)N[C@@H]1C[C@H](NC(=O)OCc2ccccc2)[C@@H](O[C@H]2O[C@H](CN=[N+]=[N-])C[C@@H](O)[C@H]2NC(=O)OCc2ccccc2)[C@H](O[C@@H]2O[C@H](CO)[C@@H](O[C@H]3O[C@H]4CN(C(=O)OCc5ccccc5)C(c5ccccc5)O[C@H]4[C@H](O)[C@H]3NC(=O)OCc3ccccc3)[C@H]2O)[C@H]1O)[C@@H](O)CNC(=O)OCc1ccccc1. The van der Waals surface area contributed by atoms with Crippen molar-refractivity contribution in [3.05, 3.63) is 226 Å². The largest absolute Gasteiger partial charge is 0.445 e. The molecule has 34 nitrogen and oxygen atoms in total. The molecule has 0 radical (unpaired) electrons. The van der Waals surface area contributed by atoms with E-state index in [1.807, 2.05) is 6.92 Å². The van der Waals surface area contributed by atoms with E-state index in [9.17, 15) is 64.9 Å². The fourth-order valence-electron chi connectivity index (χ4n) is 13.5. The zero-order valence-electron chi connectivity index (χ0n) is 61.1. The molecule has 21 atom stereocenters. The maximum atomic E-state index is 14.9. The number of hydrogen-bond acceptors (Lipinski definition) is 26. The highest BCUT2D eigenvalue weighted by atomic mass is 16.8. The molecule has 6 amide bonds. The Hall–Kier alpha value is -10.1. The molecule has 5 aliphatic rings. The fraction of sp³-hybridized carbons (Fsp3) is 0.462. The molecule has 1 aliphatic carbocycles. The molecule has 0 bridgehead atoms. The second-order valence-electron chi connectivity index (χ2n) is 27.2. The molecule has 1 saturated carbocycles. The first-order chi connectivity index (χ1) is 54.4. The van der Waals surface area contributed by atoms with Gasteiger partial charge in [0.15, 0.2) is 31.2 Å². The van der Waals surface area contributed by atoms with E-state index in [4.69, 9.17) is 61.6 Å². The highest BCUT2D eigenvalue weighted by Crippen LogP contribution is 2.40. The molecule has 112 heavy (non-hydrogen) atoms. The molecule has 6 aromatic carbocycles. The minimum absolute atomic E-state index is 0.0858. The Morgan fingerprint density at radius 3 is 1.57 bits per heavy atom. The van der Waals surface area contributed by atoms with Crippen molar-refractivity contribution in [3.63, 3.8) is 0 Å². The molecule has 4 saturated heterocycles. The highest BCUT2D eigenvalue weighted by Gasteiger charge is 2.58. The van der Waals surface area contributed by atoms with Crippen LogP contribution in [-0.4, -0.2) is 227 Å². The number of amides is 6. The molecule has 5 fully saturated rings. The molecular formula is C78H93N9O25. The van der Waals surface area contributed by atoms with Gasteiger partial charge in [-0.3, -0.25) is 9.69 Å². The maximum absolute atomic E-state index is 14.9. The predicted molar refractivity (Wildman–Crippen MR) is 390 cm³/mol. The van der Waals surface area contributed by atoms with Gasteiger partial charge in [-0.1, -0.05) is 200 Å². The van der Waals surface area contributed by atoms with E-state index in [2.05, 4.69) is 36.6 Å². The van der Waals surface area contributed by atoms with Crippen molar-refractivity contribution in [2.24, 2.45) is 5.11 Å². The van der Waals surface area contributed by atoms with E-state index in [-0.39, 0.29) is 52.6 Å². The normalized spacial score (nSPS) is 27.9. The highest BCUT2D eigenvalue weighted by molar-refractivity contribution is 5.82. The topological polar surface area (TPSA) is 456 Å². The number of hydrogen-bond donors (Lipinski definition) is 11. The summed E-state index contributed by atoms with van der Waals surface area (Å²) in [6, 6.07) is 45.6. The lowest BCUT2D eigenvalue weighted by Crippen LogP contribution is -2.70.